The van der Waals surface area contributed by atoms with Crippen molar-refractivity contribution in [3.63, 3.8) is 0 Å². The van der Waals surface area contributed by atoms with Crippen LogP contribution in [0.15, 0.2) is 18.3 Å². The molecule has 2 saturated heterocycles. The van der Waals surface area contributed by atoms with Crippen LogP contribution in [0.3, 0.4) is 0 Å². The Balaban J connectivity index is 1.63. The molecule has 22 heavy (non-hydrogen) atoms. The molecule has 2 aliphatic rings. The molecule has 6 nitrogen and oxygen atoms in total. The van der Waals surface area contributed by atoms with Crippen molar-refractivity contribution in [3.8, 4) is 0 Å². The lowest BCUT2D eigenvalue weighted by Crippen LogP contribution is -2.40. The summed E-state index contributed by atoms with van der Waals surface area (Å²) in [5.41, 5.74) is 0.660. The lowest BCUT2D eigenvalue weighted by atomic mass is 9.99. The van der Waals surface area contributed by atoms with Crippen molar-refractivity contribution in [3.05, 3.63) is 23.9 Å². The highest BCUT2D eigenvalue weighted by Crippen LogP contribution is 2.18. The molecule has 1 unspecified atom stereocenters. The van der Waals surface area contributed by atoms with E-state index in [1.54, 1.807) is 6.20 Å². The molecule has 0 radical (unpaired) electrons. The number of carbonyl (C=O) groups is 1. The summed E-state index contributed by atoms with van der Waals surface area (Å²) in [5.74, 6) is 1.27. The summed E-state index contributed by atoms with van der Waals surface area (Å²) in [6.07, 6.45) is 4.11. The first-order chi connectivity index (χ1) is 10.8. The number of nitrogens with zero attached hydrogens (tertiary/aromatic N) is 2. The first-order valence-corrected chi connectivity index (χ1v) is 8.11. The Labute approximate surface area is 131 Å². The van der Waals surface area contributed by atoms with E-state index < -0.39 is 0 Å². The van der Waals surface area contributed by atoms with Crippen molar-refractivity contribution in [2.75, 3.05) is 50.8 Å². The van der Waals surface area contributed by atoms with Gasteiger partial charge in [0.15, 0.2) is 0 Å². The number of carbonyl (C=O) groups excluding carboxylic acids is 1. The van der Waals surface area contributed by atoms with Crippen LogP contribution in [0.1, 0.15) is 23.2 Å². The molecule has 0 aliphatic carbocycles. The van der Waals surface area contributed by atoms with E-state index in [1.807, 2.05) is 12.1 Å². The van der Waals surface area contributed by atoms with E-state index in [0.717, 1.165) is 38.5 Å². The summed E-state index contributed by atoms with van der Waals surface area (Å²) >= 11 is 0. The van der Waals surface area contributed by atoms with E-state index in [4.69, 9.17) is 4.74 Å². The van der Waals surface area contributed by atoms with E-state index in [1.165, 1.54) is 12.8 Å². The fourth-order valence-electron chi connectivity index (χ4n) is 3.03. The quantitative estimate of drug-likeness (QED) is 0.855. The Bertz CT molecular complexity index is 497. The van der Waals surface area contributed by atoms with Crippen molar-refractivity contribution in [1.29, 1.82) is 0 Å². The van der Waals surface area contributed by atoms with Gasteiger partial charge < -0.3 is 20.3 Å². The average Bonchev–Trinajstić information content (AvgIpc) is 2.61. The zero-order valence-corrected chi connectivity index (χ0v) is 12.9. The summed E-state index contributed by atoms with van der Waals surface area (Å²) in [7, 11) is 0. The van der Waals surface area contributed by atoms with Gasteiger partial charge in [-0.3, -0.25) is 4.79 Å². The summed E-state index contributed by atoms with van der Waals surface area (Å²) in [6, 6.07) is 3.67. The van der Waals surface area contributed by atoms with Crippen LogP contribution < -0.4 is 15.5 Å². The average molecular weight is 304 g/mol. The summed E-state index contributed by atoms with van der Waals surface area (Å²) in [6.45, 7) is 5.74. The minimum Gasteiger partial charge on any atom is -0.378 e. The van der Waals surface area contributed by atoms with Crippen LogP contribution >= 0.6 is 0 Å². The molecule has 1 amide bonds. The number of rotatable bonds is 4. The van der Waals surface area contributed by atoms with Crippen LogP contribution in [0.5, 0.6) is 0 Å². The van der Waals surface area contributed by atoms with E-state index in [2.05, 4.69) is 20.5 Å². The Hall–Kier alpha value is -1.66. The first-order valence-electron chi connectivity index (χ1n) is 8.11. The van der Waals surface area contributed by atoms with Gasteiger partial charge in [-0.2, -0.15) is 0 Å². The van der Waals surface area contributed by atoms with Crippen molar-refractivity contribution in [2.45, 2.75) is 12.8 Å². The maximum absolute atomic E-state index is 12.5. The van der Waals surface area contributed by atoms with E-state index in [-0.39, 0.29) is 5.91 Å². The number of nitrogens with one attached hydrogen (secondary N) is 2. The molecule has 3 rings (SSSR count). The van der Waals surface area contributed by atoms with Crippen LogP contribution in [0.25, 0.3) is 0 Å². The molecule has 1 aromatic rings. The third-order valence-corrected chi connectivity index (χ3v) is 4.29. The van der Waals surface area contributed by atoms with Gasteiger partial charge in [0.2, 0.25) is 0 Å². The van der Waals surface area contributed by atoms with Gasteiger partial charge in [0, 0.05) is 25.8 Å². The second kappa shape index (κ2) is 7.56. The Morgan fingerprint density at radius 2 is 2.32 bits per heavy atom. The predicted molar refractivity (Wildman–Crippen MR) is 85.2 cm³/mol. The van der Waals surface area contributed by atoms with E-state index in [0.29, 0.717) is 24.7 Å². The van der Waals surface area contributed by atoms with Crippen LogP contribution in [-0.4, -0.2) is 56.8 Å². The molecule has 0 bridgehead atoms. The monoisotopic (exact) mass is 304 g/mol. The van der Waals surface area contributed by atoms with Crippen LogP contribution in [-0.2, 0) is 4.74 Å². The second-order valence-electron chi connectivity index (χ2n) is 5.90. The van der Waals surface area contributed by atoms with Gasteiger partial charge in [-0.15, -0.1) is 0 Å². The highest BCUT2D eigenvalue weighted by Gasteiger charge is 2.21. The zero-order chi connectivity index (χ0) is 15.2. The van der Waals surface area contributed by atoms with E-state index in [9.17, 15) is 4.79 Å². The van der Waals surface area contributed by atoms with Crippen molar-refractivity contribution in [2.24, 2.45) is 5.92 Å². The summed E-state index contributed by atoms with van der Waals surface area (Å²) < 4.78 is 5.37. The van der Waals surface area contributed by atoms with Crippen LogP contribution in [0.4, 0.5) is 5.82 Å². The molecule has 3 heterocycles. The fourth-order valence-corrected chi connectivity index (χ4v) is 3.03. The van der Waals surface area contributed by atoms with Gasteiger partial charge in [0.05, 0.1) is 18.8 Å². The molecule has 1 aromatic heterocycles. The van der Waals surface area contributed by atoms with Gasteiger partial charge >= 0.3 is 0 Å². The highest BCUT2D eigenvalue weighted by molar-refractivity contribution is 5.98. The second-order valence-corrected chi connectivity index (χ2v) is 5.90. The largest absolute Gasteiger partial charge is 0.378 e. The van der Waals surface area contributed by atoms with Gasteiger partial charge in [-0.25, -0.2) is 4.98 Å². The molecule has 120 valence electrons. The molecule has 2 N–H and O–H groups in total. The zero-order valence-electron chi connectivity index (χ0n) is 12.9. The number of amides is 1. The molecule has 0 saturated carbocycles. The molecule has 6 heteroatoms. The van der Waals surface area contributed by atoms with Gasteiger partial charge in [0.1, 0.15) is 5.82 Å². The van der Waals surface area contributed by atoms with Crippen LogP contribution in [0, 0.1) is 5.92 Å². The van der Waals surface area contributed by atoms with Gasteiger partial charge in [-0.05, 0) is 44.0 Å². The van der Waals surface area contributed by atoms with Crippen molar-refractivity contribution >= 4 is 11.7 Å². The third kappa shape index (κ3) is 3.75. The Morgan fingerprint density at radius 3 is 3.09 bits per heavy atom. The topological polar surface area (TPSA) is 66.5 Å². The smallest absolute Gasteiger partial charge is 0.255 e. The number of anilines is 1. The van der Waals surface area contributed by atoms with Crippen molar-refractivity contribution < 1.29 is 9.53 Å². The number of ether oxygens (including phenoxy) is 1. The number of hydrogen-bond donors (Lipinski definition) is 2. The molecule has 2 aliphatic heterocycles. The standard InChI is InChI=1S/C16H24N4O2/c21-16(19-12-13-3-1-5-17-11-13)14-4-2-6-18-15(14)20-7-9-22-10-8-20/h2,4,6,13,17H,1,3,5,7-12H2,(H,19,21). The Kier molecular flexibility index (Phi) is 5.24. The number of pyridine rings is 1. The number of piperidine rings is 1. The SMILES string of the molecule is O=C(NCC1CCCNC1)c1cccnc1N1CCOCC1. The molecular weight excluding hydrogens is 280 g/mol. The fraction of sp³-hybridized carbons (Fsp3) is 0.625. The maximum Gasteiger partial charge on any atom is 0.255 e. The molecule has 0 spiro atoms. The first kappa shape index (κ1) is 15.2. The number of morpholine rings is 1. The summed E-state index contributed by atoms with van der Waals surface area (Å²) in [5, 5.41) is 6.45. The Morgan fingerprint density at radius 1 is 1.45 bits per heavy atom. The molecule has 1 atom stereocenters. The lowest BCUT2D eigenvalue weighted by molar-refractivity contribution is 0.0943. The molecular formula is C16H24N4O2. The third-order valence-electron chi connectivity index (χ3n) is 4.29. The molecule has 0 aromatic carbocycles. The summed E-state index contributed by atoms with van der Waals surface area (Å²) in [4.78, 5) is 19.1. The van der Waals surface area contributed by atoms with Gasteiger partial charge in [-0.1, -0.05) is 0 Å². The maximum atomic E-state index is 12.5. The van der Waals surface area contributed by atoms with Crippen molar-refractivity contribution in [1.82, 2.24) is 15.6 Å². The van der Waals surface area contributed by atoms with E-state index >= 15 is 0 Å². The lowest BCUT2D eigenvalue weighted by Gasteiger charge is -2.29. The normalized spacial score (nSPS) is 22.4. The minimum atomic E-state index is -0.0276. The molecule has 2 fully saturated rings. The number of hydrogen-bond acceptors (Lipinski definition) is 5. The number of aromatic nitrogens is 1. The highest BCUT2D eigenvalue weighted by atomic mass is 16.5. The van der Waals surface area contributed by atoms with Crippen LogP contribution in [0.2, 0.25) is 0 Å². The minimum absolute atomic E-state index is 0.0276. The van der Waals surface area contributed by atoms with Gasteiger partial charge in [0.25, 0.3) is 5.91 Å². The predicted octanol–water partition coefficient (Wildman–Crippen LogP) is 0.648.